The Kier molecular flexibility index (Phi) is 8.40. The van der Waals surface area contributed by atoms with Gasteiger partial charge < -0.3 is 24.2 Å². The number of rotatable bonds is 11. The zero-order valence-electron chi connectivity index (χ0n) is 14.5. The van der Waals surface area contributed by atoms with Gasteiger partial charge in [0, 0.05) is 22.7 Å². The van der Waals surface area contributed by atoms with E-state index in [2.05, 4.69) is 16.1 Å². The second kappa shape index (κ2) is 9.29. The Labute approximate surface area is 147 Å². The summed E-state index contributed by atoms with van der Waals surface area (Å²) in [4.78, 5) is 14.3. The second-order valence-corrected chi connectivity index (χ2v) is 7.06. The molecule has 1 amide bonds. The largest absolute Gasteiger partial charge is 0.394 e. The van der Waals surface area contributed by atoms with Crippen LogP contribution in [-0.4, -0.2) is 83.8 Å². The first-order chi connectivity index (χ1) is 10.8. The summed E-state index contributed by atoms with van der Waals surface area (Å²) in [6.07, 6.45) is 0. The maximum absolute atomic E-state index is 12.5. The van der Waals surface area contributed by atoms with E-state index in [0.29, 0.717) is 46.2 Å². The van der Waals surface area contributed by atoms with E-state index in [9.17, 15) is 4.79 Å². The molecule has 1 saturated heterocycles. The van der Waals surface area contributed by atoms with E-state index in [-0.39, 0.29) is 12.5 Å². The van der Waals surface area contributed by atoms with Gasteiger partial charge in [-0.1, -0.05) is 0 Å². The quantitative estimate of drug-likeness (QED) is 0.414. The number of nitrogens with zero attached hydrogens (tertiary/aromatic N) is 2. The van der Waals surface area contributed by atoms with Gasteiger partial charge in [-0.15, -0.1) is 0 Å². The van der Waals surface area contributed by atoms with Crippen LogP contribution in [0.15, 0.2) is 0 Å². The highest BCUT2D eigenvalue weighted by Gasteiger charge is 2.55. The molecule has 1 heterocycles. The Morgan fingerprint density at radius 2 is 1.43 bits per heavy atom. The number of amides is 1. The first kappa shape index (κ1) is 20.8. The van der Waals surface area contributed by atoms with Crippen molar-refractivity contribution in [3.05, 3.63) is 0 Å². The third-order valence-corrected chi connectivity index (χ3v) is 5.59. The van der Waals surface area contributed by atoms with Gasteiger partial charge in [-0.25, -0.2) is 3.93 Å². The minimum absolute atomic E-state index is 0.0251. The highest BCUT2D eigenvalue weighted by molar-refractivity contribution is 9.07. The molecule has 0 radical (unpaired) electrons. The first-order valence-electron chi connectivity index (χ1n) is 7.88. The highest BCUT2D eigenvalue weighted by Crippen LogP contribution is 2.40. The van der Waals surface area contributed by atoms with Crippen molar-refractivity contribution in [2.45, 2.75) is 38.9 Å². The van der Waals surface area contributed by atoms with Crippen LogP contribution in [0.4, 0.5) is 0 Å². The van der Waals surface area contributed by atoms with Crippen molar-refractivity contribution in [3.8, 4) is 0 Å². The van der Waals surface area contributed by atoms with Crippen molar-refractivity contribution in [2.24, 2.45) is 0 Å². The summed E-state index contributed by atoms with van der Waals surface area (Å²) in [6, 6.07) is 0. The third-order valence-electron chi connectivity index (χ3n) is 3.84. The lowest BCUT2D eigenvalue weighted by atomic mass is 10.1. The van der Waals surface area contributed by atoms with Crippen molar-refractivity contribution >= 4 is 22.1 Å². The summed E-state index contributed by atoms with van der Waals surface area (Å²) in [5.41, 5.74) is -0.967. The molecule has 0 bridgehead atoms. The highest BCUT2D eigenvalue weighted by atomic mass is 79.9. The van der Waals surface area contributed by atoms with Gasteiger partial charge in [0.05, 0.1) is 46.2 Å². The molecule has 0 aliphatic carbocycles. The molecule has 23 heavy (non-hydrogen) atoms. The van der Waals surface area contributed by atoms with Crippen LogP contribution in [0.25, 0.3) is 0 Å². The summed E-state index contributed by atoms with van der Waals surface area (Å²) in [7, 11) is 0. The zero-order chi connectivity index (χ0) is 17.5. The molecule has 0 atom stereocenters. The smallest absolute Gasteiger partial charge is 0.245 e. The molecule has 7 nitrogen and oxygen atoms in total. The van der Waals surface area contributed by atoms with E-state index in [1.54, 1.807) is 0 Å². The monoisotopic (exact) mass is 396 g/mol. The Morgan fingerprint density at radius 1 is 0.957 bits per heavy atom. The van der Waals surface area contributed by atoms with Crippen LogP contribution >= 0.6 is 16.1 Å². The Hall–Kier alpha value is -0.250. The van der Waals surface area contributed by atoms with Gasteiger partial charge >= 0.3 is 0 Å². The van der Waals surface area contributed by atoms with Gasteiger partial charge in [0.2, 0.25) is 5.91 Å². The minimum atomic E-state index is -0.568. The van der Waals surface area contributed by atoms with Gasteiger partial charge in [0.25, 0.3) is 0 Å². The Morgan fingerprint density at radius 3 is 1.87 bits per heavy atom. The van der Waals surface area contributed by atoms with Crippen LogP contribution in [0, 0.1) is 0 Å². The molecule has 0 spiro atoms. The van der Waals surface area contributed by atoms with Crippen LogP contribution in [0.3, 0.4) is 0 Å². The minimum Gasteiger partial charge on any atom is -0.394 e. The number of carbonyl (C=O) groups is 1. The van der Waals surface area contributed by atoms with Crippen LogP contribution in [0.1, 0.15) is 27.7 Å². The molecule has 1 aliphatic heterocycles. The lowest BCUT2D eigenvalue weighted by Crippen LogP contribution is -2.47. The standard InChI is InChI=1S/C15H29BrN2O5/c1-14(2)13(20)17(15(3,4)18(14)16)5-7-21-9-11-23-12-10-22-8-6-19/h19H,5-12H2,1-4H3. The summed E-state index contributed by atoms with van der Waals surface area (Å²) in [5, 5.41) is 8.54. The molecular weight excluding hydrogens is 368 g/mol. The molecule has 136 valence electrons. The predicted molar refractivity (Wildman–Crippen MR) is 90.2 cm³/mol. The molecule has 0 aromatic heterocycles. The average molecular weight is 397 g/mol. The summed E-state index contributed by atoms with van der Waals surface area (Å²) in [5.74, 6) is 0.0836. The lowest BCUT2D eigenvalue weighted by Gasteiger charge is -2.35. The van der Waals surface area contributed by atoms with Gasteiger partial charge in [-0.05, 0) is 27.7 Å². The van der Waals surface area contributed by atoms with Gasteiger partial charge in [-0.2, -0.15) is 0 Å². The summed E-state index contributed by atoms with van der Waals surface area (Å²) in [6.45, 7) is 11.1. The second-order valence-electron chi connectivity index (χ2n) is 6.35. The Balaban J connectivity index is 2.17. The predicted octanol–water partition coefficient (Wildman–Crippen LogP) is 0.997. The zero-order valence-corrected chi connectivity index (χ0v) is 16.1. The molecule has 8 heteroatoms. The van der Waals surface area contributed by atoms with Crippen molar-refractivity contribution in [3.63, 3.8) is 0 Å². The van der Waals surface area contributed by atoms with Crippen molar-refractivity contribution in [1.29, 1.82) is 0 Å². The van der Waals surface area contributed by atoms with Gasteiger partial charge in [0.15, 0.2) is 0 Å². The molecule has 1 rings (SSSR count). The number of aliphatic hydroxyl groups is 1. The van der Waals surface area contributed by atoms with Gasteiger partial charge in [-0.3, -0.25) is 4.79 Å². The fourth-order valence-electron chi connectivity index (χ4n) is 2.59. The SMILES string of the molecule is CC1(C)C(=O)N(CCOCCOCCOCCO)C(C)(C)N1Br. The van der Waals surface area contributed by atoms with Crippen LogP contribution in [0.5, 0.6) is 0 Å². The molecular formula is C15H29BrN2O5. The number of halogens is 1. The molecule has 0 aromatic carbocycles. The van der Waals surface area contributed by atoms with E-state index in [0.717, 1.165) is 0 Å². The van der Waals surface area contributed by atoms with Crippen LogP contribution < -0.4 is 0 Å². The molecule has 1 N–H and O–H groups in total. The number of hydrogen-bond acceptors (Lipinski definition) is 6. The fourth-order valence-corrected chi connectivity index (χ4v) is 2.93. The number of carbonyl (C=O) groups excluding carboxylic acids is 1. The molecule has 0 aromatic rings. The van der Waals surface area contributed by atoms with Crippen molar-refractivity contribution in [2.75, 3.05) is 52.8 Å². The molecule has 0 saturated carbocycles. The average Bonchev–Trinajstić information content (AvgIpc) is 2.61. The molecule has 1 aliphatic rings. The van der Waals surface area contributed by atoms with E-state index >= 15 is 0 Å². The molecule has 1 fully saturated rings. The topological polar surface area (TPSA) is 71.5 Å². The van der Waals surface area contributed by atoms with Crippen LogP contribution in [-0.2, 0) is 19.0 Å². The maximum atomic E-state index is 12.5. The number of aliphatic hydroxyl groups excluding tert-OH is 1. The van der Waals surface area contributed by atoms with Crippen molar-refractivity contribution in [1.82, 2.24) is 8.83 Å². The normalized spacial score (nSPS) is 20.4. The summed E-state index contributed by atoms with van der Waals surface area (Å²) >= 11 is 3.51. The molecule has 0 unspecified atom stereocenters. The third kappa shape index (κ3) is 5.37. The van der Waals surface area contributed by atoms with E-state index in [1.807, 2.05) is 36.5 Å². The van der Waals surface area contributed by atoms with Gasteiger partial charge in [0.1, 0.15) is 11.2 Å². The van der Waals surface area contributed by atoms with E-state index < -0.39 is 11.2 Å². The summed E-state index contributed by atoms with van der Waals surface area (Å²) < 4.78 is 17.9. The number of hydrogen-bond donors (Lipinski definition) is 1. The Bertz CT molecular complexity index is 379. The van der Waals surface area contributed by atoms with Crippen LogP contribution in [0.2, 0.25) is 0 Å². The first-order valence-corrected chi connectivity index (χ1v) is 8.59. The van der Waals surface area contributed by atoms with E-state index in [4.69, 9.17) is 19.3 Å². The van der Waals surface area contributed by atoms with Crippen molar-refractivity contribution < 1.29 is 24.1 Å². The maximum Gasteiger partial charge on any atom is 0.245 e. The fraction of sp³-hybridized carbons (Fsp3) is 0.933. The van der Waals surface area contributed by atoms with E-state index in [1.165, 1.54) is 0 Å². The lowest BCUT2D eigenvalue weighted by molar-refractivity contribution is -0.134. The number of ether oxygens (including phenoxy) is 3.